The number of nitrogens with one attached hydrogen (secondary N) is 1. The molecular weight excluding hydrogens is 126 g/mol. The molecule has 0 spiro atoms. The normalized spacial score (nSPS) is 9.00. The second-order valence-corrected chi connectivity index (χ2v) is 1.83. The average Bonchev–Trinajstić information content (AvgIpc) is 1.61. The van der Waals surface area contributed by atoms with E-state index in [2.05, 4.69) is 19.2 Å². The molecule has 0 atom stereocenters. The molecule has 0 heterocycles. The highest BCUT2D eigenvalue weighted by molar-refractivity contribution is 5.85. The van der Waals surface area contributed by atoms with Gasteiger partial charge in [-0.2, -0.15) is 0 Å². The fraction of sp³-hybridized carbons (Fsp3) is 1.00. The minimum Gasteiger partial charge on any atom is -0.395 e. The first kappa shape index (κ1) is 11.1. The van der Waals surface area contributed by atoms with Crippen molar-refractivity contribution in [2.75, 3.05) is 13.2 Å². The molecule has 0 saturated carbocycles. The van der Waals surface area contributed by atoms with E-state index in [1.807, 2.05) is 0 Å². The number of hydrogen-bond donors (Lipinski definition) is 2. The average molecular weight is 140 g/mol. The van der Waals surface area contributed by atoms with Crippen molar-refractivity contribution in [1.29, 1.82) is 0 Å². The number of aliphatic hydroxyl groups excluding tert-OH is 1. The van der Waals surface area contributed by atoms with E-state index >= 15 is 0 Å². The number of halogens is 1. The summed E-state index contributed by atoms with van der Waals surface area (Å²) in [6.07, 6.45) is 0. The van der Waals surface area contributed by atoms with E-state index in [4.69, 9.17) is 5.11 Å². The molecule has 0 radical (unpaired) electrons. The van der Waals surface area contributed by atoms with Crippen molar-refractivity contribution in [3.8, 4) is 0 Å². The Labute approximate surface area is 56.7 Å². The van der Waals surface area contributed by atoms with Crippen LogP contribution in [0, 0.1) is 0 Å². The summed E-state index contributed by atoms with van der Waals surface area (Å²) in [5.41, 5.74) is 0. The predicted molar refractivity (Wildman–Crippen MR) is 37.5 cm³/mol. The third-order valence-corrected chi connectivity index (χ3v) is 0.664. The quantitative estimate of drug-likeness (QED) is 0.594. The Kier molecular flexibility index (Phi) is 9.97. The van der Waals surface area contributed by atoms with Crippen LogP contribution >= 0.6 is 12.4 Å². The standard InChI is InChI=1S/C5H13NO.ClH/c1-5(2)6-3-4-7;/h5-7H,3-4H2,1-2H3;1H. The molecule has 3 heteroatoms. The molecule has 0 aromatic rings. The molecule has 8 heavy (non-hydrogen) atoms. The summed E-state index contributed by atoms with van der Waals surface area (Å²) in [4.78, 5) is 0. The molecule has 0 aliphatic rings. The number of aliphatic hydroxyl groups is 1. The zero-order chi connectivity index (χ0) is 5.70. The fourth-order valence-corrected chi connectivity index (χ4v) is 0.353. The van der Waals surface area contributed by atoms with Crippen molar-refractivity contribution in [1.82, 2.24) is 5.32 Å². The number of hydrogen-bond acceptors (Lipinski definition) is 2. The first-order valence-corrected chi connectivity index (χ1v) is 2.61. The highest BCUT2D eigenvalue weighted by atomic mass is 35.5. The largest absolute Gasteiger partial charge is 0.395 e. The first-order valence-electron chi connectivity index (χ1n) is 2.61. The highest BCUT2D eigenvalue weighted by Crippen LogP contribution is 1.71. The summed E-state index contributed by atoms with van der Waals surface area (Å²) in [7, 11) is 0. The zero-order valence-electron chi connectivity index (χ0n) is 5.35. The van der Waals surface area contributed by atoms with Gasteiger partial charge in [0.2, 0.25) is 0 Å². The van der Waals surface area contributed by atoms with Crippen molar-refractivity contribution in [3.05, 3.63) is 0 Å². The third-order valence-electron chi connectivity index (χ3n) is 0.664. The van der Waals surface area contributed by atoms with Gasteiger partial charge in [-0.15, -0.1) is 12.4 Å². The van der Waals surface area contributed by atoms with Gasteiger partial charge in [-0.3, -0.25) is 0 Å². The molecule has 0 aromatic heterocycles. The molecule has 0 fully saturated rings. The summed E-state index contributed by atoms with van der Waals surface area (Å²) in [5.74, 6) is 0. The molecule has 0 aromatic carbocycles. The fourth-order valence-electron chi connectivity index (χ4n) is 0.353. The Balaban J connectivity index is 0. The third kappa shape index (κ3) is 9.51. The van der Waals surface area contributed by atoms with Gasteiger partial charge in [0, 0.05) is 12.6 Å². The van der Waals surface area contributed by atoms with E-state index < -0.39 is 0 Å². The minimum atomic E-state index is 0. The topological polar surface area (TPSA) is 32.3 Å². The van der Waals surface area contributed by atoms with Crippen molar-refractivity contribution in [3.63, 3.8) is 0 Å². The minimum absolute atomic E-state index is 0. The van der Waals surface area contributed by atoms with Crippen LogP contribution in [0.1, 0.15) is 13.8 Å². The zero-order valence-corrected chi connectivity index (χ0v) is 6.16. The summed E-state index contributed by atoms with van der Waals surface area (Å²) in [5, 5.41) is 11.3. The van der Waals surface area contributed by atoms with E-state index in [-0.39, 0.29) is 19.0 Å². The van der Waals surface area contributed by atoms with Crippen molar-refractivity contribution in [2.45, 2.75) is 19.9 Å². The van der Waals surface area contributed by atoms with E-state index in [1.165, 1.54) is 0 Å². The van der Waals surface area contributed by atoms with Gasteiger partial charge in [0.05, 0.1) is 6.61 Å². The second-order valence-electron chi connectivity index (χ2n) is 1.83. The van der Waals surface area contributed by atoms with Crippen LogP contribution < -0.4 is 5.32 Å². The van der Waals surface area contributed by atoms with Gasteiger partial charge in [-0.25, -0.2) is 0 Å². The monoisotopic (exact) mass is 139 g/mol. The first-order chi connectivity index (χ1) is 3.27. The van der Waals surface area contributed by atoms with E-state index in [0.29, 0.717) is 12.6 Å². The molecule has 52 valence electrons. The molecule has 2 N–H and O–H groups in total. The Morgan fingerprint density at radius 2 is 2.00 bits per heavy atom. The summed E-state index contributed by atoms with van der Waals surface area (Å²) >= 11 is 0. The lowest BCUT2D eigenvalue weighted by atomic mass is 10.4. The van der Waals surface area contributed by atoms with E-state index in [9.17, 15) is 0 Å². The van der Waals surface area contributed by atoms with Crippen molar-refractivity contribution < 1.29 is 5.11 Å². The van der Waals surface area contributed by atoms with E-state index in [1.54, 1.807) is 0 Å². The van der Waals surface area contributed by atoms with Crippen LogP contribution in [-0.2, 0) is 0 Å². The molecular formula is C5H14ClNO. The summed E-state index contributed by atoms with van der Waals surface area (Å²) in [6.45, 7) is 5.04. The smallest absolute Gasteiger partial charge is 0.0556 e. The van der Waals surface area contributed by atoms with Crippen LogP contribution in [0.2, 0.25) is 0 Å². The van der Waals surface area contributed by atoms with Gasteiger partial charge in [0.15, 0.2) is 0 Å². The predicted octanol–water partition coefficient (Wildman–Crippen LogP) is 0.398. The van der Waals surface area contributed by atoms with Gasteiger partial charge in [-0.05, 0) is 0 Å². The Hall–Kier alpha value is 0.210. The van der Waals surface area contributed by atoms with Gasteiger partial charge >= 0.3 is 0 Å². The van der Waals surface area contributed by atoms with Gasteiger partial charge < -0.3 is 10.4 Å². The lowest BCUT2D eigenvalue weighted by Gasteiger charge is -2.03. The molecule has 0 rings (SSSR count). The molecule has 2 nitrogen and oxygen atoms in total. The lowest BCUT2D eigenvalue weighted by Crippen LogP contribution is -2.25. The molecule has 0 amide bonds. The molecule has 0 saturated heterocycles. The van der Waals surface area contributed by atoms with Crippen LogP contribution in [0.4, 0.5) is 0 Å². The van der Waals surface area contributed by atoms with Crippen LogP contribution in [-0.4, -0.2) is 24.3 Å². The SMILES string of the molecule is CC(C)NCCO.Cl. The molecule has 0 aliphatic heterocycles. The molecule has 0 aliphatic carbocycles. The maximum absolute atomic E-state index is 8.25. The second kappa shape index (κ2) is 7.21. The summed E-state index contributed by atoms with van der Waals surface area (Å²) in [6, 6.07) is 0.493. The summed E-state index contributed by atoms with van der Waals surface area (Å²) < 4.78 is 0. The van der Waals surface area contributed by atoms with Crippen molar-refractivity contribution in [2.24, 2.45) is 0 Å². The lowest BCUT2D eigenvalue weighted by molar-refractivity contribution is 0.287. The highest BCUT2D eigenvalue weighted by Gasteiger charge is 1.86. The number of rotatable bonds is 3. The Bertz CT molecular complexity index is 41.4. The Morgan fingerprint density at radius 1 is 1.50 bits per heavy atom. The van der Waals surface area contributed by atoms with Crippen LogP contribution in [0.5, 0.6) is 0 Å². The van der Waals surface area contributed by atoms with Crippen LogP contribution in [0.15, 0.2) is 0 Å². The van der Waals surface area contributed by atoms with Gasteiger partial charge in [0.25, 0.3) is 0 Å². The Morgan fingerprint density at radius 3 is 2.12 bits per heavy atom. The van der Waals surface area contributed by atoms with Gasteiger partial charge in [-0.1, -0.05) is 13.8 Å². The van der Waals surface area contributed by atoms with Gasteiger partial charge in [0.1, 0.15) is 0 Å². The van der Waals surface area contributed by atoms with Crippen LogP contribution in [0.25, 0.3) is 0 Å². The maximum Gasteiger partial charge on any atom is 0.0556 e. The molecule has 0 bridgehead atoms. The maximum atomic E-state index is 8.25. The van der Waals surface area contributed by atoms with Crippen molar-refractivity contribution >= 4 is 12.4 Å². The van der Waals surface area contributed by atoms with E-state index in [0.717, 1.165) is 0 Å². The van der Waals surface area contributed by atoms with Crippen LogP contribution in [0.3, 0.4) is 0 Å². The molecule has 0 unspecified atom stereocenters.